The van der Waals surface area contributed by atoms with E-state index in [1.807, 2.05) is 13.0 Å². The zero-order valence-electron chi connectivity index (χ0n) is 18.3. The maximum atomic E-state index is 13.2. The van der Waals surface area contributed by atoms with Gasteiger partial charge in [-0.3, -0.25) is 14.5 Å². The first-order valence-corrected chi connectivity index (χ1v) is 11.4. The van der Waals surface area contributed by atoms with Crippen LogP contribution in [0.4, 0.5) is 5.13 Å². The molecule has 34 heavy (non-hydrogen) atoms. The second kappa shape index (κ2) is 8.68. The lowest BCUT2D eigenvalue weighted by atomic mass is 9.99. The van der Waals surface area contributed by atoms with Crippen molar-refractivity contribution in [3.05, 3.63) is 77.8 Å². The number of thiazole rings is 1. The van der Waals surface area contributed by atoms with Crippen LogP contribution in [-0.4, -0.2) is 35.5 Å². The smallest absolute Gasteiger partial charge is 0.302 e. The van der Waals surface area contributed by atoms with Crippen LogP contribution >= 0.6 is 11.3 Å². The number of hydrogen-bond donors (Lipinski definition) is 1. The van der Waals surface area contributed by atoms with Gasteiger partial charge in [0, 0.05) is 5.56 Å². The van der Waals surface area contributed by atoms with Crippen LogP contribution in [0.1, 0.15) is 24.3 Å². The Balaban J connectivity index is 1.65. The molecule has 1 amide bonds. The Morgan fingerprint density at radius 2 is 1.91 bits per heavy atom. The Labute approximate surface area is 198 Å². The Hall–Kier alpha value is -4.11. The zero-order chi connectivity index (χ0) is 23.8. The molecule has 0 aliphatic carbocycles. The van der Waals surface area contributed by atoms with Gasteiger partial charge in [-0.05, 0) is 61.5 Å². The van der Waals surface area contributed by atoms with Gasteiger partial charge in [0.15, 0.2) is 5.13 Å². The van der Waals surface area contributed by atoms with E-state index in [9.17, 15) is 14.7 Å². The van der Waals surface area contributed by atoms with Crippen LogP contribution in [0.25, 0.3) is 16.0 Å². The third-order valence-electron chi connectivity index (χ3n) is 5.49. The molecule has 1 saturated heterocycles. The van der Waals surface area contributed by atoms with Gasteiger partial charge >= 0.3 is 5.91 Å². The number of ether oxygens (including phenoxy) is 2. The number of carbonyl (C=O) groups excluding carboxylic acids is 2. The average Bonchev–Trinajstić information content (AvgIpc) is 3.57. The number of furan rings is 1. The molecule has 0 saturated carbocycles. The maximum absolute atomic E-state index is 13.2. The first kappa shape index (κ1) is 21.7. The van der Waals surface area contributed by atoms with Crippen molar-refractivity contribution in [3.63, 3.8) is 0 Å². The van der Waals surface area contributed by atoms with Crippen LogP contribution in [0.5, 0.6) is 11.5 Å². The van der Waals surface area contributed by atoms with Crippen molar-refractivity contribution in [1.29, 1.82) is 0 Å². The standard InChI is InChI=1S/C25H20N2O6S/c1-3-32-16-10-11-17-19(13-16)34-25(26-17)27-21(18-5-4-12-33-18)20(23(29)24(27)30)22(28)14-6-8-15(31-2)9-7-14/h4-13,21,28H,3H2,1-2H3. The number of aromatic nitrogens is 1. The topological polar surface area (TPSA) is 102 Å². The van der Waals surface area contributed by atoms with Crippen molar-refractivity contribution in [1.82, 2.24) is 4.98 Å². The first-order valence-electron chi connectivity index (χ1n) is 10.5. The van der Waals surface area contributed by atoms with Crippen molar-refractivity contribution in [2.45, 2.75) is 13.0 Å². The van der Waals surface area contributed by atoms with Gasteiger partial charge in [0.25, 0.3) is 5.78 Å². The van der Waals surface area contributed by atoms with E-state index in [2.05, 4.69) is 4.98 Å². The number of hydrogen-bond acceptors (Lipinski definition) is 8. The van der Waals surface area contributed by atoms with Gasteiger partial charge in [0.1, 0.15) is 29.1 Å². The average molecular weight is 477 g/mol. The molecule has 4 aromatic rings. The van der Waals surface area contributed by atoms with E-state index in [0.717, 1.165) is 4.70 Å². The molecule has 172 valence electrons. The monoisotopic (exact) mass is 476 g/mol. The molecule has 3 heterocycles. The molecule has 0 bridgehead atoms. The molecule has 1 N–H and O–H groups in total. The van der Waals surface area contributed by atoms with Crippen molar-refractivity contribution < 1.29 is 28.6 Å². The summed E-state index contributed by atoms with van der Waals surface area (Å²) in [6.07, 6.45) is 1.45. The zero-order valence-corrected chi connectivity index (χ0v) is 19.2. The van der Waals surface area contributed by atoms with Gasteiger partial charge in [-0.2, -0.15) is 0 Å². The van der Waals surface area contributed by atoms with E-state index in [4.69, 9.17) is 13.9 Å². The summed E-state index contributed by atoms with van der Waals surface area (Å²) in [6, 6.07) is 14.4. The third kappa shape index (κ3) is 3.60. The summed E-state index contributed by atoms with van der Waals surface area (Å²) in [4.78, 5) is 32.2. The lowest BCUT2D eigenvalue weighted by molar-refractivity contribution is -0.132. The number of anilines is 1. The summed E-state index contributed by atoms with van der Waals surface area (Å²) in [5.74, 6) is -0.285. The molecule has 0 radical (unpaired) electrons. The highest BCUT2D eigenvalue weighted by atomic mass is 32.1. The minimum absolute atomic E-state index is 0.0700. The highest BCUT2D eigenvalue weighted by Crippen LogP contribution is 2.44. The lowest BCUT2D eigenvalue weighted by Gasteiger charge is -2.20. The molecule has 5 rings (SSSR count). The van der Waals surface area contributed by atoms with Crippen molar-refractivity contribution in [2.24, 2.45) is 0 Å². The molecule has 1 fully saturated rings. The predicted molar refractivity (Wildman–Crippen MR) is 127 cm³/mol. The Morgan fingerprint density at radius 3 is 2.59 bits per heavy atom. The molecule has 2 aromatic heterocycles. The quantitative estimate of drug-likeness (QED) is 0.239. The molecule has 1 atom stereocenters. The van der Waals surface area contributed by atoms with Crippen LogP contribution in [0.15, 0.2) is 70.9 Å². The number of fused-ring (bicyclic) bond motifs is 1. The number of aliphatic hydroxyl groups is 1. The normalized spacial score (nSPS) is 17.5. The number of benzene rings is 2. The molecule has 8 nitrogen and oxygen atoms in total. The van der Waals surface area contributed by atoms with E-state index < -0.39 is 17.7 Å². The fourth-order valence-electron chi connectivity index (χ4n) is 3.90. The Bertz CT molecular complexity index is 1410. The summed E-state index contributed by atoms with van der Waals surface area (Å²) < 4.78 is 17.1. The summed E-state index contributed by atoms with van der Waals surface area (Å²) in [6.45, 7) is 2.42. The predicted octanol–water partition coefficient (Wildman–Crippen LogP) is 4.92. The van der Waals surface area contributed by atoms with Gasteiger partial charge in [-0.25, -0.2) is 4.98 Å². The van der Waals surface area contributed by atoms with E-state index in [1.165, 1.54) is 29.6 Å². The minimum Gasteiger partial charge on any atom is -0.507 e. The molecular weight excluding hydrogens is 456 g/mol. The van der Waals surface area contributed by atoms with Crippen LogP contribution in [0.2, 0.25) is 0 Å². The largest absolute Gasteiger partial charge is 0.507 e. The summed E-state index contributed by atoms with van der Waals surface area (Å²) in [5.41, 5.74) is 0.971. The van der Waals surface area contributed by atoms with E-state index in [0.29, 0.717) is 40.1 Å². The highest BCUT2D eigenvalue weighted by molar-refractivity contribution is 7.22. The number of Topliss-reactive ketones (excluding diaryl/α,β-unsaturated/α-hetero) is 1. The van der Waals surface area contributed by atoms with Gasteiger partial charge in [0.05, 0.1) is 35.8 Å². The highest BCUT2D eigenvalue weighted by Gasteiger charge is 2.49. The summed E-state index contributed by atoms with van der Waals surface area (Å²) >= 11 is 1.26. The number of nitrogens with zero attached hydrogens (tertiary/aromatic N) is 2. The Kier molecular flexibility index (Phi) is 5.54. The van der Waals surface area contributed by atoms with E-state index in [-0.39, 0.29) is 11.3 Å². The van der Waals surface area contributed by atoms with Gasteiger partial charge in [0.2, 0.25) is 0 Å². The Morgan fingerprint density at radius 1 is 1.15 bits per heavy atom. The van der Waals surface area contributed by atoms with E-state index in [1.54, 1.807) is 48.5 Å². The first-order chi connectivity index (χ1) is 16.5. The van der Waals surface area contributed by atoms with Gasteiger partial charge in [-0.1, -0.05) is 11.3 Å². The second-order valence-corrected chi connectivity index (χ2v) is 8.48. The third-order valence-corrected chi connectivity index (χ3v) is 6.50. The molecule has 1 aliphatic heterocycles. The molecule has 1 unspecified atom stereocenters. The molecule has 9 heteroatoms. The number of carbonyl (C=O) groups is 2. The molecule has 0 spiro atoms. The van der Waals surface area contributed by atoms with Crippen molar-refractivity contribution in [3.8, 4) is 11.5 Å². The number of ketones is 1. The van der Waals surface area contributed by atoms with Crippen LogP contribution in [0, 0.1) is 0 Å². The molecular formula is C25H20N2O6S. The number of methoxy groups -OCH3 is 1. The lowest BCUT2D eigenvalue weighted by Crippen LogP contribution is -2.29. The van der Waals surface area contributed by atoms with Crippen molar-refractivity contribution in [2.75, 3.05) is 18.6 Å². The fourth-order valence-corrected chi connectivity index (χ4v) is 4.92. The fraction of sp³-hybridized carbons (Fsp3) is 0.160. The second-order valence-electron chi connectivity index (χ2n) is 7.47. The van der Waals surface area contributed by atoms with Crippen molar-refractivity contribution >= 4 is 44.1 Å². The van der Waals surface area contributed by atoms with Gasteiger partial charge < -0.3 is 19.0 Å². The number of amides is 1. The SMILES string of the molecule is CCOc1ccc2nc(N3C(=O)C(=O)C(=C(O)c4ccc(OC)cc4)C3c3ccco3)sc2c1. The van der Waals surface area contributed by atoms with Crippen LogP contribution < -0.4 is 14.4 Å². The summed E-state index contributed by atoms with van der Waals surface area (Å²) in [5, 5.41) is 11.4. The number of rotatable bonds is 6. The van der Waals surface area contributed by atoms with Crippen LogP contribution in [-0.2, 0) is 9.59 Å². The summed E-state index contributed by atoms with van der Waals surface area (Å²) in [7, 11) is 1.53. The maximum Gasteiger partial charge on any atom is 0.302 e. The van der Waals surface area contributed by atoms with Gasteiger partial charge in [-0.15, -0.1) is 0 Å². The minimum atomic E-state index is -0.968. The number of aliphatic hydroxyl groups excluding tert-OH is 1. The molecule has 2 aromatic carbocycles. The van der Waals surface area contributed by atoms with Crippen LogP contribution in [0.3, 0.4) is 0 Å². The van der Waals surface area contributed by atoms with E-state index >= 15 is 0 Å². The molecule has 1 aliphatic rings.